The Morgan fingerprint density at radius 2 is 1.90 bits per heavy atom. The molecule has 0 aliphatic heterocycles. The number of amides is 1. The van der Waals surface area contributed by atoms with Crippen LogP contribution in [0.1, 0.15) is 30.4 Å². The van der Waals surface area contributed by atoms with E-state index in [1.54, 1.807) is 0 Å². The lowest BCUT2D eigenvalue weighted by molar-refractivity contribution is -0.137. The minimum absolute atomic E-state index is 0.0529. The van der Waals surface area contributed by atoms with Crippen molar-refractivity contribution in [1.29, 1.82) is 0 Å². The van der Waals surface area contributed by atoms with Gasteiger partial charge in [-0.05, 0) is 43.0 Å². The largest absolute Gasteiger partial charge is 0.416 e. The van der Waals surface area contributed by atoms with Gasteiger partial charge in [-0.3, -0.25) is 4.79 Å². The highest BCUT2D eigenvalue weighted by Crippen LogP contribution is 2.31. The van der Waals surface area contributed by atoms with Gasteiger partial charge in [0.1, 0.15) is 0 Å². The van der Waals surface area contributed by atoms with Crippen LogP contribution < -0.4 is 11.1 Å². The minimum Gasteiger partial charge on any atom is -0.352 e. The molecule has 1 aromatic carbocycles. The predicted octanol–water partition coefficient (Wildman–Crippen LogP) is 2.70. The summed E-state index contributed by atoms with van der Waals surface area (Å²) in [7, 11) is 0. The second-order valence-corrected chi connectivity index (χ2v) is 5.45. The molecule has 0 radical (unpaired) electrons. The van der Waals surface area contributed by atoms with E-state index in [0.29, 0.717) is 12.1 Å². The molecular formula is C15H19F3N2O. The Hall–Kier alpha value is -1.56. The van der Waals surface area contributed by atoms with E-state index in [9.17, 15) is 18.0 Å². The summed E-state index contributed by atoms with van der Waals surface area (Å²) in [6.45, 7) is 0.739. The zero-order chi connectivity index (χ0) is 15.5. The van der Waals surface area contributed by atoms with E-state index in [1.165, 1.54) is 12.1 Å². The molecule has 1 amide bonds. The van der Waals surface area contributed by atoms with Gasteiger partial charge in [0.25, 0.3) is 0 Å². The standard InChI is InChI=1S/C15H19F3N2O/c16-15(17,18)12-6-4-10(5-7-12)9-20-14(21)13-3-1-2-11(13)8-19/h4-7,11,13H,1-3,8-9,19H2,(H,20,21)/t11-,13-/m1/s1. The fraction of sp³-hybridized carbons (Fsp3) is 0.533. The van der Waals surface area contributed by atoms with Crippen molar-refractivity contribution < 1.29 is 18.0 Å². The van der Waals surface area contributed by atoms with Gasteiger partial charge in [0.15, 0.2) is 0 Å². The summed E-state index contributed by atoms with van der Waals surface area (Å²) >= 11 is 0. The zero-order valence-electron chi connectivity index (χ0n) is 11.6. The highest BCUT2D eigenvalue weighted by Gasteiger charge is 2.32. The predicted molar refractivity (Wildman–Crippen MR) is 73.2 cm³/mol. The average molecular weight is 300 g/mol. The maximum Gasteiger partial charge on any atom is 0.416 e. The molecule has 1 fully saturated rings. The number of hydrogen-bond donors (Lipinski definition) is 2. The van der Waals surface area contributed by atoms with Gasteiger partial charge in [-0.2, -0.15) is 13.2 Å². The smallest absolute Gasteiger partial charge is 0.352 e. The first-order valence-electron chi connectivity index (χ1n) is 7.05. The van der Waals surface area contributed by atoms with E-state index in [1.807, 2.05) is 0 Å². The second-order valence-electron chi connectivity index (χ2n) is 5.45. The van der Waals surface area contributed by atoms with Gasteiger partial charge >= 0.3 is 6.18 Å². The number of nitrogens with one attached hydrogen (secondary N) is 1. The first-order valence-corrected chi connectivity index (χ1v) is 7.05. The fourth-order valence-electron chi connectivity index (χ4n) is 2.80. The molecule has 0 saturated heterocycles. The molecule has 116 valence electrons. The van der Waals surface area contributed by atoms with Crippen molar-refractivity contribution in [2.75, 3.05) is 6.54 Å². The Morgan fingerprint density at radius 1 is 1.24 bits per heavy atom. The Bertz CT molecular complexity index is 485. The van der Waals surface area contributed by atoms with Crippen LogP contribution in [0.15, 0.2) is 24.3 Å². The quantitative estimate of drug-likeness (QED) is 0.898. The molecule has 3 nitrogen and oxygen atoms in total. The molecule has 1 aromatic rings. The van der Waals surface area contributed by atoms with Crippen LogP contribution in [0.25, 0.3) is 0 Å². The summed E-state index contributed by atoms with van der Waals surface area (Å²) in [4.78, 5) is 12.1. The number of nitrogens with two attached hydrogens (primary N) is 1. The van der Waals surface area contributed by atoms with E-state index < -0.39 is 11.7 Å². The maximum absolute atomic E-state index is 12.4. The topological polar surface area (TPSA) is 55.1 Å². The number of halogens is 3. The monoisotopic (exact) mass is 300 g/mol. The third kappa shape index (κ3) is 3.97. The summed E-state index contributed by atoms with van der Waals surface area (Å²) in [5.74, 6) is 0.102. The van der Waals surface area contributed by atoms with Gasteiger partial charge in [-0.15, -0.1) is 0 Å². The van der Waals surface area contributed by atoms with Crippen molar-refractivity contribution in [2.24, 2.45) is 17.6 Å². The van der Waals surface area contributed by atoms with Crippen molar-refractivity contribution in [3.63, 3.8) is 0 Å². The lowest BCUT2D eigenvalue weighted by atomic mass is 9.95. The number of benzene rings is 1. The lowest BCUT2D eigenvalue weighted by Crippen LogP contribution is -2.34. The highest BCUT2D eigenvalue weighted by molar-refractivity contribution is 5.79. The first-order chi connectivity index (χ1) is 9.91. The summed E-state index contributed by atoms with van der Waals surface area (Å²) in [5.41, 5.74) is 5.61. The molecule has 0 bridgehead atoms. The lowest BCUT2D eigenvalue weighted by Gasteiger charge is -2.17. The molecule has 3 N–H and O–H groups in total. The number of hydrogen-bond acceptors (Lipinski definition) is 2. The summed E-state index contributed by atoms with van der Waals surface area (Å²) < 4.78 is 37.3. The Labute approximate surface area is 121 Å². The molecule has 1 aliphatic carbocycles. The Kier molecular flexibility index (Phi) is 4.88. The van der Waals surface area contributed by atoms with Crippen LogP contribution in [0.3, 0.4) is 0 Å². The van der Waals surface area contributed by atoms with E-state index in [0.717, 1.165) is 31.4 Å². The Balaban J connectivity index is 1.89. The molecule has 2 atom stereocenters. The third-order valence-corrected chi connectivity index (χ3v) is 4.05. The molecule has 0 heterocycles. The van der Waals surface area contributed by atoms with Crippen molar-refractivity contribution in [3.05, 3.63) is 35.4 Å². The minimum atomic E-state index is -4.33. The van der Waals surface area contributed by atoms with Gasteiger partial charge < -0.3 is 11.1 Å². The molecule has 0 spiro atoms. The van der Waals surface area contributed by atoms with Gasteiger partial charge in [0.05, 0.1) is 5.56 Å². The maximum atomic E-state index is 12.4. The molecule has 0 aromatic heterocycles. The number of carbonyl (C=O) groups excluding carboxylic acids is 1. The van der Waals surface area contributed by atoms with Crippen LogP contribution in [0, 0.1) is 11.8 Å². The number of carbonyl (C=O) groups is 1. The molecule has 1 saturated carbocycles. The molecule has 0 unspecified atom stereocenters. The van der Waals surface area contributed by atoms with E-state index >= 15 is 0 Å². The number of alkyl halides is 3. The van der Waals surface area contributed by atoms with Gasteiger partial charge in [0, 0.05) is 12.5 Å². The van der Waals surface area contributed by atoms with E-state index in [4.69, 9.17) is 5.73 Å². The van der Waals surface area contributed by atoms with Crippen molar-refractivity contribution >= 4 is 5.91 Å². The summed E-state index contributed by atoms with van der Waals surface area (Å²) in [6.07, 6.45) is -1.53. The van der Waals surface area contributed by atoms with Crippen LogP contribution in [-0.4, -0.2) is 12.5 Å². The molecule has 1 aliphatic rings. The van der Waals surface area contributed by atoms with Crippen LogP contribution in [0.4, 0.5) is 13.2 Å². The van der Waals surface area contributed by atoms with Gasteiger partial charge in [0.2, 0.25) is 5.91 Å². The first kappa shape index (κ1) is 15.8. The average Bonchev–Trinajstić information content (AvgIpc) is 2.92. The second kappa shape index (κ2) is 6.47. The van der Waals surface area contributed by atoms with E-state index in [-0.39, 0.29) is 24.3 Å². The van der Waals surface area contributed by atoms with Gasteiger partial charge in [-0.1, -0.05) is 18.6 Å². The van der Waals surface area contributed by atoms with Crippen LogP contribution in [0.2, 0.25) is 0 Å². The number of rotatable bonds is 4. The molecule has 6 heteroatoms. The highest BCUT2D eigenvalue weighted by atomic mass is 19.4. The zero-order valence-corrected chi connectivity index (χ0v) is 11.6. The molecule has 2 rings (SSSR count). The third-order valence-electron chi connectivity index (χ3n) is 4.05. The van der Waals surface area contributed by atoms with Crippen LogP contribution >= 0.6 is 0 Å². The normalized spacial score (nSPS) is 22.3. The SMILES string of the molecule is NC[C@H]1CCC[C@H]1C(=O)NCc1ccc(C(F)(F)F)cc1. The fourth-order valence-corrected chi connectivity index (χ4v) is 2.80. The van der Waals surface area contributed by atoms with Crippen molar-refractivity contribution in [2.45, 2.75) is 32.0 Å². The van der Waals surface area contributed by atoms with E-state index in [2.05, 4.69) is 5.32 Å². The van der Waals surface area contributed by atoms with Crippen LogP contribution in [-0.2, 0) is 17.5 Å². The van der Waals surface area contributed by atoms with Crippen molar-refractivity contribution in [3.8, 4) is 0 Å². The molecule has 21 heavy (non-hydrogen) atoms. The van der Waals surface area contributed by atoms with Crippen LogP contribution in [0.5, 0.6) is 0 Å². The molecular weight excluding hydrogens is 281 g/mol. The van der Waals surface area contributed by atoms with Gasteiger partial charge in [-0.25, -0.2) is 0 Å². The van der Waals surface area contributed by atoms with Crippen molar-refractivity contribution in [1.82, 2.24) is 5.32 Å². The summed E-state index contributed by atoms with van der Waals surface area (Å²) in [5, 5.41) is 2.79. The summed E-state index contributed by atoms with van der Waals surface area (Å²) in [6, 6.07) is 4.83. The Morgan fingerprint density at radius 3 is 2.48 bits per heavy atom.